The predicted molar refractivity (Wildman–Crippen MR) is 252 cm³/mol. The number of benzene rings is 3. The molecule has 57 heavy (non-hydrogen) atoms. The van der Waals surface area contributed by atoms with E-state index in [1.165, 1.54) is 22.4 Å². The number of nitrogens with two attached hydrogens (primary N) is 3. The van der Waals surface area contributed by atoms with Crippen molar-refractivity contribution in [2.45, 2.75) is 59.5 Å². The van der Waals surface area contributed by atoms with Gasteiger partial charge in [-0.3, -0.25) is 0 Å². The van der Waals surface area contributed by atoms with Crippen LogP contribution in [-0.4, -0.2) is 19.8 Å². The highest BCUT2D eigenvalue weighted by molar-refractivity contribution is 5.89. The number of nitrogen functional groups attached to an aromatic ring is 2. The highest BCUT2D eigenvalue weighted by atomic mass is 15.0. The van der Waals surface area contributed by atoms with Gasteiger partial charge in [-0.25, -0.2) is 0 Å². The van der Waals surface area contributed by atoms with Crippen LogP contribution in [0.4, 0.5) is 17.1 Å². The highest BCUT2D eigenvalue weighted by Crippen LogP contribution is 2.35. The van der Waals surface area contributed by atoms with Gasteiger partial charge in [0.25, 0.3) is 0 Å². The number of hydrogen-bond donors (Lipinski definition) is 6. The number of anilines is 3. The van der Waals surface area contributed by atoms with E-state index in [2.05, 4.69) is 122 Å². The Morgan fingerprint density at radius 2 is 1.61 bits per heavy atom. The molecule has 3 aliphatic rings. The van der Waals surface area contributed by atoms with Crippen LogP contribution in [0.3, 0.4) is 0 Å². The first-order valence-corrected chi connectivity index (χ1v) is 20.0. The molecule has 1 aliphatic carbocycles. The van der Waals surface area contributed by atoms with Gasteiger partial charge in [-0.15, -0.1) is 0 Å². The summed E-state index contributed by atoms with van der Waals surface area (Å²) in [5.41, 5.74) is 31.9. The summed E-state index contributed by atoms with van der Waals surface area (Å²) in [4.78, 5) is 0. The molecular formula is C51H64N6. The van der Waals surface area contributed by atoms with E-state index in [-0.39, 0.29) is 6.17 Å². The molecule has 298 valence electrons. The number of unbranched alkanes of at least 4 members (excludes halogenated alkanes) is 1. The van der Waals surface area contributed by atoms with Crippen LogP contribution in [0.15, 0.2) is 199 Å². The minimum atomic E-state index is -0.0823. The molecule has 6 rings (SSSR count). The predicted octanol–water partition coefficient (Wildman–Crippen LogP) is 11.7. The van der Waals surface area contributed by atoms with Gasteiger partial charge in [-0.2, -0.15) is 0 Å². The monoisotopic (exact) mass is 761 g/mol. The molecular weight excluding hydrogens is 697 g/mol. The third-order valence-electron chi connectivity index (χ3n) is 9.28. The molecule has 0 saturated carbocycles. The fourth-order valence-corrected chi connectivity index (χ4v) is 6.16. The van der Waals surface area contributed by atoms with Crippen molar-refractivity contribution in [1.29, 1.82) is 0 Å². The van der Waals surface area contributed by atoms with Crippen LogP contribution in [0.25, 0.3) is 16.7 Å². The van der Waals surface area contributed by atoms with E-state index in [4.69, 9.17) is 17.2 Å². The zero-order chi connectivity index (χ0) is 41.4. The summed E-state index contributed by atoms with van der Waals surface area (Å²) >= 11 is 0. The number of hydrogen-bond acceptors (Lipinski definition) is 6. The maximum absolute atomic E-state index is 6.33. The number of nitrogens with one attached hydrogen (secondary N) is 3. The summed E-state index contributed by atoms with van der Waals surface area (Å²) in [5, 5.41) is 9.79. The van der Waals surface area contributed by atoms with Crippen molar-refractivity contribution in [2.75, 3.05) is 30.4 Å². The highest BCUT2D eigenvalue weighted by Gasteiger charge is 2.18. The topological polar surface area (TPSA) is 114 Å². The smallest absolute Gasteiger partial charge is 0.100 e. The fraction of sp³-hybridized carbons (Fsp3) is 0.216. The van der Waals surface area contributed by atoms with Gasteiger partial charge in [0.1, 0.15) is 6.17 Å². The number of dihydropyridines is 2. The molecule has 0 radical (unpaired) electrons. The lowest BCUT2D eigenvalue weighted by Gasteiger charge is -2.25. The minimum Gasteiger partial charge on any atom is -0.399 e. The van der Waals surface area contributed by atoms with Crippen molar-refractivity contribution < 1.29 is 0 Å². The Morgan fingerprint density at radius 3 is 2.23 bits per heavy atom. The Morgan fingerprint density at radius 1 is 0.895 bits per heavy atom. The van der Waals surface area contributed by atoms with Crippen LogP contribution in [0.5, 0.6) is 0 Å². The molecule has 3 aromatic rings. The molecule has 0 fully saturated rings. The lowest BCUT2D eigenvalue weighted by Crippen LogP contribution is -2.37. The summed E-state index contributed by atoms with van der Waals surface area (Å²) in [6, 6.07) is 23.8. The first kappa shape index (κ1) is 45.2. The molecule has 2 aliphatic heterocycles. The van der Waals surface area contributed by atoms with E-state index in [1.807, 2.05) is 93.9 Å². The Kier molecular flexibility index (Phi) is 19.8. The molecule has 0 aromatic heterocycles. The molecule has 6 nitrogen and oxygen atoms in total. The first-order chi connectivity index (χ1) is 27.7. The van der Waals surface area contributed by atoms with Crippen LogP contribution in [0.2, 0.25) is 0 Å². The van der Waals surface area contributed by atoms with Crippen LogP contribution in [0, 0.1) is 0 Å². The van der Waals surface area contributed by atoms with Crippen molar-refractivity contribution in [3.05, 3.63) is 204 Å². The lowest BCUT2D eigenvalue weighted by atomic mass is 9.89. The molecule has 1 atom stereocenters. The number of allylic oxidation sites excluding steroid dienone is 15. The maximum Gasteiger partial charge on any atom is 0.100 e. The average Bonchev–Trinajstić information content (AvgIpc) is 3.26. The van der Waals surface area contributed by atoms with Crippen LogP contribution >= 0.6 is 0 Å². The van der Waals surface area contributed by atoms with Crippen molar-refractivity contribution in [1.82, 2.24) is 10.6 Å². The second kappa shape index (κ2) is 25.0. The van der Waals surface area contributed by atoms with Gasteiger partial charge < -0.3 is 33.2 Å². The van der Waals surface area contributed by atoms with Gasteiger partial charge in [0.05, 0.1) is 0 Å². The van der Waals surface area contributed by atoms with Gasteiger partial charge >= 0.3 is 0 Å². The van der Waals surface area contributed by atoms with Crippen molar-refractivity contribution in [3.63, 3.8) is 0 Å². The second-order valence-electron chi connectivity index (χ2n) is 13.3. The molecule has 0 bridgehead atoms. The summed E-state index contributed by atoms with van der Waals surface area (Å²) in [6.45, 7) is 17.3. The Bertz CT molecular complexity index is 2050. The average molecular weight is 761 g/mol. The summed E-state index contributed by atoms with van der Waals surface area (Å²) in [7, 11) is 1.92. The Hall–Kier alpha value is -6.24. The Balaban J connectivity index is 0.000000263. The van der Waals surface area contributed by atoms with Crippen molar-refractivity contribution in [2.24, 2.45) is 5.73 Å². The summed E-state index contributed by atoms with van der Waals surface area (Å²) < 4.78 is 0. The van der Waals surface area contributed by atoms with E-state index >= 15 is 0 Å². The molecule has 0 saturated heterocycles. The van der Waals surface area contributed by atoms with Gasteiger partial charge in [0, 0.05) is 47.5 Å². The number of para-hydroxylation sites is 2. The second-order valence-corrected chi connectivity index (χ2v) is 13.3. The van der Waals surface area contributed by atoms with Crippen molar-refractivity contribution in [3.8, 4) is 11.1 Å². The quantitative estimate of drug-likeness (QED) is 0.0857. The third kappa shape index (κ3) is 14.4. The molecule has 3 aromatic carbocycles. The van der Waals surface area contributed by atoms with Gasteiger partial charge in [-0.05, 0) is 114 Å². The van der Waals surface area contributed by atoms with E-state index in [0.717, 1.165) is 82.7 Å². The van der Waals surface area contributed by atoms with Crippen molar-refractivity contribution >= 4 is 22.6 Å². The van der Waals surface area contributed by atoms with Crippen LogP contribution in [-0.2, 0) is 0 Å². The SMILES string of the molecule is C=C/C=C(\C=C(/C)C(=C)/C=C\CCC)c1ccc(N)c(-c2ccccc2NC)c1.CC.NC1NC=CC=C1C1=CC=C(C2=CC=CCN2)CC1.Nc1ccccc1. The van der Waals surface area contributed by atoms with Gasteiger partial charge in [0.15, 0.2) is 0 Å². The molecule has 9 N–H and O–H groups in total. The number of rotatable bonds is 11. The fourth-order valence-electron chi connectivity index (χ4n) is 6.16. The van der Waals surface area contributed by atoms with E-state index in [9.17, 15) is 0 Å². The molecule has 1 unspecified atom stereocenters. The molecule has 0 spiro atoms. The third-order valence-corrected chi connectivity index (χ3v) is 9.28. The first-order valence-electron chi connectivity index (χ1n) is 20.0. The molecule has 0 amide bonds. The summed E-state index contributed by atoms with van der Waals surface area (Å²) in [6.07, 6.45) is 31.3. The zero-order valence-corrected chi connectivity index (χ0v) is 34.7. The van der Waals surface area contributed by atoms with Crippen LogP contribution in [0.1, 0.15) is 58.9 Å². The van der Waals surface area contributed by atoms with Gasteiger partial charge in [-0.1, -0.05) is 144 Å². The molecule has 2 heterocycles. The largest absolute Gasteiger partial charge is 0.399 e. The van der Waals surface area contributed by atoms with E-state index in [0.29, 0.717) is 0 Å². The standard InChI is InChI=1S/C27H32N2.C16H19N3.C6H7N.C2H6/c1-6-8-9-13-20(3)21(4)18-22(12-7-2)23-16-17-26(28)25(19-23)24-14-10-11-15-27(24)29-5;17-16-14(4-3-11-19-16)12-6-8-13(9-7-12)15-5-1-2-10-18-15;7-6-4-2-1-3-5-6;1-2/h7,9-19,29H,2-3,6,8,28H2,1,4-5H3;1-6,8,11,16,18-19H,7,9-10,17H2;1-5H,7H2;1-2H3/b13-9-,21-18+,22-12+;;;. The molecule has 6 heteroatoms. The Labute approximate surface area is 343 Å². The van der Waals surface area contributed by atoms with Gasteiger partial charge in [0.2, 0.25) is 0 Å². The lowest BCUT2D eigenvalue weighted by molar-refractivity contribution is 0.681. The van der Waals surface area contributed by atoms with E-state index in [1.54, 1.807) is 0 Å². The van der Waals surface area contributed by atoms with Crippen LogP contribution < -0.4 is 33.2 Å². The maximum atomic E-state index is 6.33. The van der Waals surface area contributed by atoms with E-state index < -0.39 is 0 Å². The minimum absolute atomic E-state index is 0.0823. The zero-order valence-electron chi connectivity index (χ0n) is 34.7. The summed E-state index contributed by atoms with van der Waals surface area (Å²) in [5.74, 6) is 0. The normalized spacial score (nSPS) is 15.9.